The van der Waals surface area contributed by atoms with Crippen LogP contribution in [0.4, 0.5) is 0 Å². The van der Waals surface area contributed by atoms with Gasteiger partial charge < -0.3 is 9.47 Å². The third-order valence-corrected chi connectivity index (χ3v) is 3.13. The van der Waals surface area contributed by atoms with Crippen molar-refractivity contribution in [2.24, 2.45) is 11.8 Å². The van der Waals surface area contributed by atoms with Crippen LogP contribution in [-0.2, 0) is 14.3 Å². The third-order valence-electron chi connectivity index (χ3n) is 3.13. The first-order chi connectivity index (χ1) is 6.86. The molecule has 0 spiro atoms. The highest BCUT2D eigenvalue weighted by atomic mass is 16.5. The Morgan fingerprint density at radius 2 is 2.00 bits per heavy atom. The van der Waals surface area contributed by atoms with E-state index >= 15 is 0 Å². The summed E-state index contributed by atoms with van der Waals surface area (Å²) in [6.45, 7) is 3.08. The van der Waals surface area contributed by atoms with Crippen molar-refractivity contribution in [2.45, 2.75) is 25.7 Å². The van der Waals surface area contributed by atoms with Crippen molar-refractivity contribution >= 4 is 5.78 Å². The molecule has 0 amide bonds. The predicted octanol–water partition coefficient (Wildman–Crippen LogP) is 1.41. The van der Waals surface area contributed by atoms with Gasteiger partial charge in [-0.1, -0.05) is 0 Å². The van der Waals surface area contributed by atoms with Crippen LogP contribution in [0.1, 0.15) is 25.7 Å². The first kappa shape index (κ1) is 10.1. The van der Waals surface area contributed by atoms with E-state index in [4.69, 9.17) is 9.47 Å². The maximum Gasteiger partial charge on any atom is 0.138 e. The molecular formula is C11H18O3. The molecule has 2 aliphatic heterocycles. The van der Waals surface area contributed by atoms with E-state index in [0.717, 1.165) is 39.1 Å². The summed E-state index contributed by atoms with van der Waals surface area (Å²) in [7, 11) is 0. The molecule has 2 atom stereocenters. The fraction of sp³-hybridized carbons (Fsp3) is 0.909. The average Bonchev–Trinajstić information content (AvgIpc) is 2.72. The monoisotopic (exact) mass is 198 g/mol. The molecule has 2 aliphatic rings. The fourth-order valence-corrected chi connectivity index (χ4v) is 2.19. The zero-order valence-electron chi connectivity index (χ0n) is 8.54. The summed E-state index contributed by atoms with van der Waals surface area (Å²) in [5.41, 5.74) is 0. The molecular weight excluding hydrogens is 180 g/mol. The number of carbonyl (C=O) groups excluding carboxylic acids is 1. The molecule has 0 aromatic heterocycles. The number of ketones is 1. The van der Waals surface area contributed by atoms with Gasteiger partial charge in [0.1, 0.15) is 5.78 Å². The predicted molar refractivity (Wildman–Crippen MR) is 52.1 cm³/mol. The van der Waals surface area contributed by atoms with E-state index in [1.165, 1.54) is 0 Å². The molecule has 14 heavy (non-hydrogen) atoms. The first-order valence-corrected chi connectivity index (χ1v) is 5.54. The van der Waals surface area contributed by atoms with Crippen LogP contribution in [0.2, 0.25) is 0 Å². The summed E-state index contributed by atoms with van der Waals surface area (Å²) in [5.74, 6) is 1.04. The van der Waals surface area contributed by atoms with Crippen molar-refractivity contribution in [3.05, 3.63) is 0 Å². The van der Waals surface area contributed by atoms with Gasteiger partial charge in [-0.25, -0.2) is 0 Å². The van der Waals surface area contributed by atoms with Crippen molar-refractivity contribution < 1.29 is 14.3 Å². The van der Waals surface area contributed by atoms with Gasteiger partial charge in [0.2, 0.25) is 0 Å². The number of carbonyl (C=O) groups is 1. The van der Waals surface area contributed by atoms with Crippen molar-refractivity contribution in [2.75, 3.05) is 26.4 Å². The van der Waals surface area contributed by atoms with Gasteiger partial charge in [0, 0.05) is 32.2 Å². The van der Waals surface area contributed by atoms with Gasteiger partial charge in [0.15, 0.2) is 0 Å². The summed E-state index contributed by atoms with van der Waals surface area (Å²) in [6.07, 6.45) is 3.82. The molecule has 0 aliphatic carbocycles. The van der Waals surface area contributed by atoms with Crippen molar-refractivity contribution in [1.82, 2.24) is 0 Å². The largest absolute Gasteiger partial charge is 0.381 e. The first-order valence-electron chi connectivity index (χ1n) is 5.54. The van der Waals surface area contributed by atoms with Gasteiger partial charge in [-0.05, 0) is 25.2 Å². The highest BCUT2D eigenvalue weighted by molar-refractivity contribution is 5.81. The lowest BCUT2D eigenvalue weighted by atomic mass is 9.90. The fourth-order valence-electron chi connectivity index (χ4n) is 2.19. The van der Waals surface area contributed by atoms with E-state index in [-0.39, 0.29) is 5.92 Å². The molecule has 2 rings (SSSR count). The second-order valence-electron chi connectivity index (χ2n) is 4.31. The zero-order chi connectivity index (χ0) is 9.80. The Morgan fingerprint density at radius 3 is 2.64 bits per heavy atom. The second-order valence-corrected chi connectivity index (χ2v) is 4.31. The molecule has 0 aromatic carbocycles. The molecule has 2 saturated heterocycles. The number of hydrogen-bond acceptors (Lipinski definition) is 3. The van der Waals surface area contributed by atoms with E-state index in [0.29, 0.717) is 24.7 Å². The van der Waals surface area contributed by atoms with Gasteiger partial charge in [0.25, 0.3) is 0 Å². The Balaban J connectivity index is 1.75. The molecule has 0 N–H and O–H groups in total. The van der Waals surface area contributed by atoms with E-state index in [9.17, 15) is 4.79 Å². The maximum absolute atomic E-state index is 11.8. The molecule has 0 aromatic rings. The van der Waals surface area contributed by atoms with Crippen molar-refractivity contribution in [3.63, 3.8) is 0 Å². The van der Waals surface area contributed by atoms with E-state index in [2.05, 4.69) is 0 Å². The minimum absolute atomic E-state index is 0.171. The molecule has 0 saturated carbocycles. The van der Waals surface area contributed by atoms with Crippen LogP contribution in [0.5, 0.6) is 0 Å². The quantitative estimate of drug-likeness (QED) is 0.687. The van der Waals surface area contributed by atoms with Crippen LogP contribution in [0.15, 0.2) is 0 Å². The lowest BCUT2D eigenvalue weighted by Crippen LogP contribution is -2.26. The Kier molecular flexibility index (Phi) is 3.54. The summed E-state index contributed by atoms with van der Waals surface area (Å²) in [6, 6.07) is 0. The highest BCUT2D eigenvalue weighted by Crippen LogP contribution is 2.22. The summed E-state index contributed by atoms with van der Waals surface area (Å²) < 4.78 is 10.6. The number of Topliss-reactive ketones (excluding diaryl/α,β-unsaturated/α-hetero) is 1. The molecule has 0 bridgehead atoms. The Hall–Kier alpha value is -0.410. The van der Waals surface area contributed by atoms with Gasteiger partial charge >= 0.3 is 0 Å². The summed E-state index contributed by atoms with van der Waals surface area (Å²) in [4.78, 5) is 11.8. The summed E-state index contributed by atoms with van der Waals surface area (Å²) >= 11 is 0. The Bertz CT molecular complexity index is 191. The minimum atomic E-state index is 0.171. The molecule has 2 unspecified atom stereocenters. The number of ether oxygens (including phenoxy) is 2. The lowest BCUT2D eigenvalue weighted by molar-refractivity contribution is -0.127. The number of rotatable bonds is 3. The van der Waals surface area contributed by atoms with Crippen LogP contribution in [0.25, 0.3) is 0 Å². The Morgan fingerprint density at radius 1 is 1.14 bits per heavy atom. The van der Waals surface area contributed by atoms with Crippen LogP contribution < -0.4 is 0 Å². The average molecular weight is 198 g/mol. The summed E-state index contributed by atoms with van der Waals surface area (Å²) in [5, 5.41) is 0. The van der Waals surface area contributed by atoms with Gasteiger partial charge in [-0.15, -0.1) is 0 Å². The SMILES string of the molecule is O=C(CC1CCOC1)C1CCCOC1. The molecule has 3 nitrogen and oxygen atoms in total. The maximum atomic E-state index is 11.8. The normalized spacial score (nSPS) is 33.1. The lowest BCUT2D eigenvalue weighted by Gasteiger charge is -2.21. The van der Waals surface area contributed by atoms with Gasteiger partial charge in [-0.2, -0.15) is 0 Å². The van der Waals surface area contributed by atoms with Crippen molar-refractivity contribution in [1.29, 1.82) is 0 Å². The molecule has 80 valence electrons. The van der Waals surface area contributed by atoms with E-state index in [1.54, 1.807) is 0 Å². The third kappa shape index (κ3) is 2.55. The molecule has 2 heterocycles. The van der Waals surface area contributed by atoms with Crippen LogP contribution in [0, 0.1) is 11.8 Å². The minimum Gasteiger partial charge on any atom is -0.381 e. The van der Waals surface area contributed by atoms with Crippen LogP contribution in [-0.4, -0.2) is 32.2 Å². The van der Waals surface area contributed by atoms with Crippen molar-refractivity contribution in [3.8, 4) is 0 Å². The molecule has 0 radical (unpaired) electrons. The van der Waals surface area contributed by atoms with E-state index < -0.39 is 0 Å². The molecule has 3 heteroatoms. The topological polar surface area (TPSA) is 35.5 Å². The second kappa shape index (κ2) is 4.89. The Labute approximate surface area is 84.8 Å². The number of hydrogen-bond donors (Lipinski definition) is 0. The van der Waals surface area contributed by atoms with Gasteiger partial charge in [0.05, 0.1) is 6.61 Å². The molecule has 2 fully saturated rings. The standard InChI is InChI=1S/C11H18O3/c12-11(6-9-3-5-14-7-9)10-2-1-4-13-8-10/h9-10H,1-8H2. The van der Waals surface area contributed by atoms with Gasteiger partial charge in [-0.3, -0.25) is 4.79 Å². The van der Waals surface area contributed by atoms with E-state index in [1.807, 2.05) is 0 Å². The van der Waals surface area contributed by atoms with Crippen LogP contribution in [0.3, 0.4) is 0 Å². The smallest absolute Gasteiger partial charge is 0.138 e. The zero-order valence-corrected chi connectivity index (χ0v) is 8.54. The van der Waals surface area contributed by atoms with Crippen LogP contribution >= 0.6 is 0 Å². The highest BCUT2D eigenvalue weighted by Gasteiger charge is 2.26.